The molecule has 17 heavy (non-hydrogen) atoms. The van der Waals surface area contributed by atoms with Crippen LogP contribution in [0.5, 0.6) is 0 Å². The van der Waals surface area contributed by atoms with Crippen LogP contribution >= 0.6 is 0 Å². The minimum Gasteiger partial charge on any atom is -0.366 e. The van der Waals surface area contributed by atoms with Gasteiger partial charge in [-0.25, -0.2) is 5.43 Å². The Hall–Kier alpha value is -2.70. The van der Waals surface area contributed by atoms with Crippen LogP contribution in [0.15, 0.2) is 23.3 Å². The molecule has 0 atom stereocenters. The number of nitrogens with one attached hydrogen (secondary N) is 1. The lowest BCUT2D eigenvalue weighted by Gasteiger charge is -2.04. The van der Waals surface area contributed by atoms with Crippen LogP contribution in [0.3, 0.4) is 0 Å². The third-order valence-electron chi connectivity index (χ3n) is 1.94. The van der Waals surface area contributed by atoms with Gasteiger partial charge in [-0.15, -0.1) is 0 Å². The average molecular weight is 234 g/mol. The minimum atomic E-state index is -0.770. The molecule has 1 rings (SSSR count). The number of nitrogens with zero attached hydrogens (tertiary/aromatic N) is 1. The fraction of sp³-hybridized carbons (Fsp3) is 0. The van der Waals surface area contributed by atoms with E-state index in [9.17, 15) is 14.4 Å². The zero-order chi connectivity index (χ0) is 13.0. The molecular weight excluding hydrogens is 224 g/mol. The van der Waals surface area contributed by atoms with Crippen molar-refractivity contribution in [1.82, 2.24) is 5.43 Å². The first-order chi connectivity index (χ1) is 7.95. The SMILES string of the molecule is C=NNC(=O)c1cc(C(N)=O)cc(C(N)=O)c1. The molecule has 0 aliphatic heterocycles. The van der Waals surface area contributed by atoms with E-state index in [4.69, 9.17) is 11.5 Å². The minimum absolute atomic E-state index is 0.00973. The van der Waals surface area contributed by atoms with E-state index in [0.29, 0.717) is 0 Å². The second-order valence-corrected chi connectivity index (χ2v) is 3.13. The maximum Gasteiger partial charge on any atom is 0.271 e. The third-order valence-corrected chi connectivity index (χ3v) is 1.94. The van der Waals surface area contributed by atoms with Crippen molar-refractivity contribution in [2.45, 2.75) is 0 Å². The van der Waals surface area contributed by atoms with Crippen molar-refractivity contribution >= 4 is 24.4 Å². The van der Waals surface area contributed by atoms with E-state index in [1.165, 1.54) is 18.2 Å². The molecule has 7 heteroatoms. The number of hydrogen-bond acceptors (Lipinski definition) is 4. The number of primary amides is 2. The Bertz CT molecular complexity index is 478. The van der Waals surface area contributed by atoms with Crippen molar-refractivity contribution in [1.29, 1.82) is 0 Å². The highest BCUT2D eigenvalue weighted by Crippen LogP contribution is 2.10. The molecule has 88 valence electrons. The molecule has 0 unspecified atom stereocenters. The van der Waals surface area contributed by atoms with Gasteiger partial charge in [0.2, 0.25) is 11.8 Å². The number of amides is 3. The van der Waals surface area contributed by atoms with Crippen LogP contribution in [0.4, 0.5) is 0 Å². The van der Waals surface area contributed by atoms with E-state index in [0.717, 1.165) is 0 Å². The molecule has 0 saturated heterocycles. The number of benzene rings is 1. The number of hydrogen-bond donors (Lipinski definition) is 3. The Labute approximate surface area is 96.5 Å². The highest BCUT2D eigenvalue weighted by molar-refractivity contribution is 6.03. The second kappa shape index (κ2) is 4.88. The zero-order valence-electron chi connectivity index (χ0n) is 8.77. The van der Waals surface area contributed by atoms with Crippen molar-refractivity contribution in [2.24, 2.45) is 16.6 Å². The number of rotatable bonds is 4. The summed E-state index contributed by atoms with van der Waals surface area (Å²) in [6, 6.07) is 3.67. The van der Waals surface area contributed by atoms with Gasteiger partial charge in [0.15, 0.2) is 0 Å². The molecule has 3 amide bonds. The van der Waals surface area contributed by atoms with Gasteiger partial charge in [-0.3, -0.25) is 14.4 Å². The Morgan fingerprint density at radius 1 is 1.00 bits per heavy atom. The van der Waals surface area contributed by atoms with Gasteiger partial charge >= 0.3 is 0 Å². The van der Waals surface area contributed by atoms with Crippen LogP contribution in [-0.2, 0) is 0 Å². The Balaban J connectivity index is 3.30. The summed E-state index contributed by atoms with van der Waals surface area (Å²) < 4.78 is 0. The average Bonchev–Trinajstić information content (AvgIpc) is 2.28. The van der Waals surface area contributed by atoms with E-state index in [-0.39, 0.29) is 16.7 Å². The first kappa shape index (κ1) is 12.4. The predicted molar refractivity (Wildman–Crippen MR) is 60.5 cm³/mol. The normalized spacial score (nSPS) is 9.41. The van der Waals surface area contributed by atoms with Crippen LogP contribution in [0.1, 0.15) is 31.1 Å². The summed E-state index contributed by atoms with van der Waals surface area (Å²) in [4.78, 5) is 33.5. The van der Waals surface area contributed by atoms with Gasteiger partial charge in [0.25, 0.3) is 5.91 Å². The molecule has 0 heterocycles. The van der Waals surface area contributed by atoms with Crippen molar-refractivity contribution in [3.8, 4) is 0 Å². The summed E-state index contributed by atoms with van der Waals surface area (Å²) in [5.74, 6) is -2.16. The summed E-state index contributed by atoms with van der Waals surface area (Å²) in [6.45, 7) is 3.08. The summed E-state index contributed by atoms with van der Waals surface area (Å²) >= 11 is 0. The largest absolute Gasteiger partial charge is 0.366 e. The van der Waals surface area contributed by atoms with Crippen molar-refractivity contribution in [3.05, 3.63) is 34.9 Å². The Morgan fingerprint density at radius 2 is 1.41 bits per heavy atom. The standard InChI is InChI=1S/C10H10N4O3/c1-13-14-10(17)7-3-5(8(11)15)2-6(4-7)9(12)16/h2-4H,1H2,(H2,11,15)(H2,12,16)(H,14,17). The summed E-state index contributed by atoms with van der Waals surface area (Å²) in [5, 5.41) is 3.18. The number of nitrogens with two attached hydrogens (primary N) is 2. The van der Waals surface area contributed by atoms with Crippen LogP contribution in [0.2, 0.25) is 0 Å². The lowest BCUT2D eigenvalue weighted by molar-refractivity contribution is 0.0955. The highest BCUT2D eigenvalue weighted by atomic mass is 16.2. The van der Waals surface area contributed by atoms with Crippen molar-refractivity contribution < 1.29 is 14.4 Å². The highest BCUT2D eigenvalue weighted by Gasteiger charge is 2.13. The second-order valence-electron chi connectivity index (χ2n) is 3.13. The molecule has 0 aliphatic rings. The van der Waals surface area contributed by atoms with Crippen molar-refractivity contribution in [2.75, 3.05) is 0 Å². The van der Waals surface area contributed by atoms with Gasteiger partial charge < -0.3 is 11.5 Å². The quantitative estimate of drug-likeness (QED) is 0.467. The van der Waals surface area contributed by atoms with Gasteiger partial charge in [-0.2, -0.15) is 5.10 Å². The van der Waals surface area contributed by atoms with Crippen LogP contribution in [0, 0.1) is 0 Å². The summed E-state index contributed by atoms with van der Waals surface area (Å²) in [6.07, 6.45) is 0. The van der Waals surface area contributed by atoms with Gasteiger partial charge in [0, 0.05) is 23.4 Å². The van der Waals surface area contributed by atoms with E-state index >= 15 is 0 Å². The molecule has 0 radical (unpaired) electrons. The van der Waals surface area contributed by atoms with Gasteiger partial charge in [-0.05, 0) is 18.2 Å². The topological polar surface area (TPSA) is 128 Å². The van der Waals surface area contributed by atoms with Crippen LogP contribution in [0.25, 0.3) is 0 Å². The molecule has 0 fully saturated rings. The number of carbonyl (C=O) groups excluding carboxylic acids is 3. The molecule has 0 aromatic heterocycles. The Kier molecular flexibility index (Phi) is 3.55. The molecular formula is C10H10N4O3. The molecule has 5 N–H and O–H groups in total. The smallest absolute Gasteiger partial charge is 0.271 e. The fourth-order valence-corrected chi connectivity index (χ4v) is 1.18. The number of carbonyl (C=O) groups is 3. The molecule has 0 bridgehead atoms. The summed E-state index contributed by atoms with van der Waals surface area (Å²) in [7, 11) is 0. The van der Waals surface area contributed by atoms with Crippen molar-refractivity contribution in [3.63, 3.8) is 0 Å². The molecule has 0 saturated carbocycles. The van der Waals surface area contributed by atoms with Gasteiger partial charge in [0.05, 0.1) is 0 Å². The van der Waals surface area contributed by atoms with Gasteiger partial charge in [-0.1, -0.05) is 0 Å². The maximum atomic E-state index is 11.4. The molecule has 0 aliphatic carbocycles. The fourth-order valence-electron chi connectivity index (χ4n) is 1.18. The van der Waals surface area contributed by atoms with E-state index < -0.39 is 17.7 Å². The van der Waals surface area contributed by atoms with Crippen LogP contribution in [-0.4, -0.2) is 24.4 Å². The van der Waals surface area contributed by atoms with Crippen LogP contribution < -0.4 is 16.9 Å². The monoisotopic (exact) mass is 234 g/mol. The first-order valence-electron chi connectivity index (χ1n) is 4.46. The molecule has 7 nitrogen and oxygen atoms in total. The van der Waals surface area contributed by atoms with E-state index in [1.807, 2.05) is 0 Å². The number of hydrazone groups is 1. The van der Waals surface area contributed by atoms with E-state index in [2.05, 4.69) is 17.2 Å². The molecule has 1 aromatic carbocycles. The zero-order valence-corrected chi connectivity index (χ0v) is 8.77. The van der Waals surface area contributed by atoms with Gasteiger partial charge in [0.1, 0.15) is 0 Å². The predicted octanol–water partition coefficient (Wildman–Crippen LogP) is -0.770. The Morgan fingerprint density at radius 3 is 1.76 bits per heavy atom. The molecule has 0 spiro atoms. The third kappa shape index (κ3) is 2.88. The first-order valence-corrected chi connectivity index (χ1v) is 4.46. The molecule has 1 aromatic rings. The van der Waals surface area contributed by atoms with E-state index in [1.54, 1.807) is 0 Å². The summed E-state index contributed by atoms with van der Waals surface area (Å²) in [5.41, 5.74) is 12.3. The lowest BCUT2D eigenvalue weighted by Crippen LogP contribution is -2.21. The maximum absolute atomic E-state index is 11.4. The lowest BCUT2D eigenvalue weighted by atomic mass is 10.0.